The van der Waals surface area contributed by atoms with Crippen molar-refractivity contribution in [1.29, 1.82) is 0 Å². The summed E-state index contributed by atoms with van der Waals surface area (Å²) in [6.07, 6.45) is 1.16. The van der Waals surface area contributed by atoms with Gasteiger partial charge in [0.25, 0.3) is 0 Å². The van der Waals surface area contributed by atoms with Gasteiger partial charge in [-0.3, -0.25) is 9.59 Å². The summed E-state index contributed by atoms with van der Waals surface area (Å²) in [6, 6.07) is 19.7. The SMILES string of the molecule is Cc1nn(-c2ccccc2)c(NC(=O)CCCC(=O)N2CC(C)OC(C)C2)c1-c1ccccc1. The lowest BCUT2D eigenvalue weighted by Crippen LogP contribution is -2.48. The number of ether oxygens (including phenoxy) is 1. The van der Waals surface area contributed by atoms with Crippen LogP contribution in [0.5, 0.6) is 0 Å². The van der Waals surface area contributed by atoms with Crippen molar-refractivity contribution < 1.29 is 14.3 Å². The van der Waals surface area contributed by atoms with Gasteiger partial charge >= 0.3 is 0 Å². The Labute approximate surface area is 200 Å². The molecule has 0 saturated carbocycles. The van der Waals surface area contributed by atoms with Crippen molar-refractivity contribution in [2.24, 2.45) is 0 Å². The van der Waals surface area contributed by atoms with Crippen LogP contribution in [0.3, 0.4) is 0 Å². The van der Waals surface area contributed by atoms with E-state index in [-0.39, 0.29) is 30.4 Å². The molecule has 2 atom stereocenters. The summed E-state index contributed by atoms with van der Waals surface area (Å²) in [4.78, 5) is 27.4. The van der Waals surface area contributed by atoms with Crippen molar-refractivity contribution in [3.63, 3.8) is 0 Å². The number of hydrogen-bond acceptors (Lipinski definition) is 4. The van der Waals surface area contributed by atoms with Crippen LogP contribution in [0.25, 0.3) is 16.8 Å². The van der Waals surface area contributed by atoms with Crippen LogP contribution in [0.2, 0.25) is 0 Å². The Hall–Kier alpha value is -3.45. The largest absolute Gasteiger partial charge is 0.372 e. The summed E-state index contributed by atoms with van der Waals surface area (Å²) in [5.41, 5.74) is 3.58. The van der Waals surface area contributed by atoms with Gasteiger partial charge in [-0.1, -0.05) is 48.5 Å². The number of nitrogens with one attached hydrogen (secondary N) is 1. The van der Waals surface area contributed by atoms with Gasteiger partial charge in [0.05, 0.1) is 23.6 Å². The molecule has 0 bridgehead atoms. The number of aromatic nitrogens is 2. The fourth-order valence-electron chi connectivity index (χ4n) is 4.48. The summed E-state index contributed by atoms with van der Waals surface area (Å²) in [5, 5.41) is 7.80. The number of aryl methyl sites for hydroxylation is 1. The molecule has 2 amide bonds. The highest BCUT2D eigenvalue weighted by atomic mass is 16.5. The highest BCUT2D eigenvalue weighted by Gasteiger charge is 2.26. The van der Waals surface area contributed by atoms with E-state index < -0.39 is 0 Å². The summed E-state index contributed by atoms with van der Waals surface area (Å²) < 4.78 is 7.48. The Morgan fingerprint density at radius 1 is 0.971 bits per heavy atom. The molecule has 7 nitrogen and oxygen atoms in total. The molecule has 1 aromatic heterocycles. The van der Waals surface area contributed by atoms with E-state index in [4.69, 9.17) is 9.84 Å². The molecule has 0 spiro atoms. The zero-order chi connectivity index (χ0) is 24.1. The lowest BCUT2D eigenvalue weighted by molar-refractivity contribution is -0.143. The third-order valence-corrected chi connectivity index (χ3v) is 5.95. The van der Waals surface area contributed by atoms with E-state index in [0.29, 0.717) is 31.7 Å². The number of hydrogen-bond donors (Lipinski definition) is 1. The second-order valence-corrected chi connectivity index (χ2v) is 8.88. The highest BCUT2D eigenvalue weighted by molar-refractivity contribution is 5.95. The number of nitrogens with zero attached hydrogens (tertiary/aromatic N) is 3. The molecule has 1 fully saturated rings. The zero-order valence-corrected chi connectivity index (χ0v) is 20.0. The summed E-state index contributed by atoms with van der Waals surface area (Å²) in [7, 11) is 0. The van der Waals surface area contributed by atoms with Crippen molar-refractivity contribution in [2.45, 2.75) is 52.2 Å². The molecule has 1 aliphatic heterocycles. The van der Waals surface area contributed by atoms with E-state index in [0.717, 1.165) is 22.5 Å². The Bertz CT molecular complexity index is 1120. The van der Waals surface area contributed by atoms with Gasteiger partial charge in [0, 0.05) is 31.5 Å². The predicted octanol–water partition coefficient (Wildman–Crippen LogP) is 4.59. The van der Waals surface area contributed by atoms with Gasteiger partial charge in [-0.25, -0.2) is 4.68 Å². The quantitative estimate of drug-likeness (QED) is 0.559. The lowest BCUT2D eigenvalue weighted by atomic mass is 10.1. The molecule has 1 saturated heterocycles. The first-order chi connectivity index (χ1) is 16.4. The predicted molar refractivity (Wildman–Crippen MR) is 133 cm³/mol. The molecule has 2 aromatic carbocycles. The second-order valence-electron chi connectivity index (χ2n) is 8.88. The van der Waals surface area contributed by atoms with Crippen molar-refractivity contribution in [3.8, 4) is 16.8 Å². The molecule has 0 aliphatic carbocycles. The first-order valence-electron chi connectivity index (χ1n) is 11.9. The summed E-state index contributed by atoms with van der Waals surface area (Å²) in [6.45, 7) is 7.11. The number of benzene rings is 2. The first kappa shape index (κ1) is 23.7. The number of rotatable bonds is 7. The van der Waals surface area contributed by atoms with Gasteiger partial charge in [-0.05, 0) is 44.9 Å². The van der Waals surface area contributed by atoms with Crippen LogP contribution in [0.1, 0.15) is 38.8 Å². The van der Waals surface area contributed by atoms with E-state index in [1.54, 1.807) is 4.68 Å². The molecular formula is C27H32N4O3. The number of anilines is 1. The van der Waals surface area contributed by atoms with Gasteiger partial charge in [0.15, 0.2) is 0 Å². The molecule has 2 heterocycles. The van der Waals surface area contributed by atoms with Gasteiger partial charge in [0.2, 0.25) is 11.8 Å². The van der Waals surface area contributed by atoms with Crippen molar-refractivity contribution in [3.05, 3.63) is 66.4 Å². The van der Waals surface area contributed by atoms with E-state index >= 15 is 0 Å². The van der Waals surface area contributed by atoms with Crippen LogP contribution < -0.4 is 5.32 Å². The topological polar surface area (TPSA) is 76.5 Å². The molecule has 0 radical (unpaired) electrons. The normalized spacial score (nSPS) is 18.0. The molecule has 2 unspecified atom stereocenters. The first-order valence-corrected chi connectivity index (χ1v) is 11.9. The minimum atomic E-state index is -0.134. The molecule has 1 aliphatic rings. The minimum Gasteiger partial charge on any atom is -0.372 e. The van der Waals surface area contributed by atoms with E-state index in [1.807, 2.05) is 86.3 Å². The molecule has 3 aromatic rings. The monoisotopic (exact) mass is 460 g/mol. The number of morpholine rings is 1. The lowest BCUT2D eigenvalue weighted by Gasteiger charge is -2.35. The van der Waals surface area contributed by atoms with Gasteiger partial charge in [-0.15, -0.1) is 0 Å². The van der Waals surface area contributed by atoms with Gasteiger partial charge < -0.3 is 15.0 Å². The van der Waals surface area contributed by atoms with Gasteiger partial charge in [0.1, 0.15) is 5.82 Å². The smallest absolute Gasteiger partial charge is 0.225 e. The molecule has 1 N–H and O–H groups in total. The third kappa shape index (κ3) is 5.54. The van der Waals surface area contributed by atoms with Crippen molar-refractivity contribution in [2.75, 3.05) is 18.4 Å². The average Bonchev–Trinajstić information content (AvgIpc) is 3.15. The van der Waals surface area contributed by atoms with Crippen LogP contribution >= 0.6 is 0 Å². The van der Waals surface area contributed by atoms with E-state index in [2.05, 4.69) is 5.32 Å². The maximum Gasteiger partial charge on any atom is 0.225 e. The fraction of sp³-hybridized carbons (Fsp3) is 0.370. The Morgan fingerprint density at radius 3 is 2.24 bits per heavy atom. The number of carbonyl (C=O) groups excluding carboxylic acids is 2. The fourth-order valence-corrected chi connectivity index (χ4v) is 4.48. The van der Waals surface area contributed by atoms with Crippen LogP contribution in [0, 0.1) is 6.92 Å². The van der Waals surface area contributed by atoms with Crippen molar-refractivity contribution in [1.82, 2.24) is 14.7 Å². The number of amides is 2. The molecule has 178 valence electrons. The van der Waals surface area contributed by atoms with Crippen LogP contribution in [0.15, 0.2) is 60.7 Å². The molecule has 34 heavy (non-hydrogen) atoms. The molecule has 4 rings (SSSR count). The standard InChI is InChI=1S/C27H32N4O3/c1-19-17-30(18-20(2)34-19)25(33)16-10-15-24(32)28-27-26(22-11-6-4-7-12-22)21(3)29-31(27)23-13-8-5-9-14-23/h4-9,11-14,19-20H,10,15-18H2,1-3H3,(H,28,32). The molecule has 7 heteroatoms. The second kappa shape index (κ2) is 10.7. The van der Waals surface area contributed by atoms with Crippen LogP contribution in [-0.4, -0.2) is 51.8 Å². The third-order valence-electron chi connectivity index (χ3n) is 5.95. The van der Waals surface area contributed by atoms with E-state index in [1.165, 1.54) is 0 Å². The van der Waals surface area contributed by atoms with Crippen molar-refractivity contribution >= 4 is 17.6 Å². The molecular weight excluding hydrogens is 428 g/mol. The number of para-hydroxylation sites is 1. The van der Waals surface area contributed by atoms with Crippen LogP contribution in [0.4, 0.5) is 5.82 Å². The highest BCUT2D eigenvalue weighted by Crippen LogP contribution is 2.33. The summed E-state index contributed by atoms with van der Waals surface area (Å²) >= 11 is 0. The van der Waals surface area contributed by atoms with Crippen LogP contribution in [-0.2, 0) is 14.3 Å². The van der Waals surface area contributed by atoms with E-state index in [9.17, 15) is 9.59 Å². The minimum absolute atomic E-state index is 0.0360. The Kier molecular flexibility index (Phi) is 7.43. The maximum absolute atomic E-state index is 13.0. The summed E-state index contributed by atoms with van der Waals surface area (Å²) in [5.74, 6) is 0.581. The maximum atomic E-state index is 13.0. The van der Waals surface area contributed by atoms with Gasteiger partial charge in [-0.2, -0.15) is 5.10 Å². The average molecular weight is 461 g/mol. The zero-order valence-electron chi connectivity index (χ0n) is 20.0. The Balaban J connectivity index is 1.47. The Morgan fingerprint density at radius 2 is 1.59 bits per heavy atom. The number of carbonyl (C=O) groups is 2.